The molecule has 7 nitrogen and oxygen atoms in total. The lowest BCUT2D eigenvalue weighted by atomic mass is 9.91. The third-order valence-electron chi connectivity index (χ3n) is 6.55. The summed E-state index contributed by atoms with van der Waals surface area (Å²) in [5.41, 5.74) is 0.476. The molecule has 1 fully saturated rings. The molecule has 0 aliphatic carbocycles. The molecule has 1 aliphatic heterocycles. The van der Waals surface area contributed by atoms with Crippen LogP contribution in [0.5, 0.6) is 0 Å². The number of carbonyl (C=O) groups excluding carboxylic acids is 3. The Morgan fingerprint density at radius 1 is 1.09 bits per heavy atom. The molecule has 0 radical (unpaired) electrons. The molecule has 0 aromatic carbocycles. The van der Waals surface area contributed by atoms with Crippen molar-refractivity contribution in [1.82, 2.24) is 15.1 Å². The Balaban J connectivity index is 3.07. The van der Waals surface area contributed by atoms with Gasteiger partial charge >= 0.3 is 5.97 Å². The highest BCUT2D eigenvalue weighted by Gasteiger charge is 2.37. The van der Waals surface area contributed by atoms with E-state index in [0.29, 0.717) is 18.1 Å². The maximum Gasteiger partial charge on any atom is 0.333 e. The monoisotopic (exact) mass is 465 g/mol. The van der Waals surface area contributed by atoms with Gasteiger partial charge in [-0.1, -0.05) is 40.7 Å². The minimum Gasteiger partial charge on any atom is -0.463 e. The van der Waals surface area contributed by atoms with Crippen LogP contribution in [0.2, 0.25) is 0 Å². The first kappa shape index (κ1) is 29.1. The van der Waals surface area contributed by atoms with E-state index in [1.54, 1.807) is 31.9 Å². The number of piperidine rings is 1. The third-order valence-corrected chi connectivity index (χ3v) is 6.55. The molecule has 1 aliphatic rings. The van der Waals surface area contributed by atoms with Crippen LogP contribution in [0, 0.1) is 17.8 Å². The number of hydrogen-bond acceptors (Lipinski definition) is 5. The van der Waals surface area contributed by atoms with Crippen molar-refractivity contribution in [1.29, 1.82) is 0 Å². The number of ether oxygens (including phenoxy) is 1. The number of likely N-dealkylation sites (tertiary alicyclic amines) is 1. The van der Waals surface area contributed by atoms with Crippen LogP contribution < -0.4 is 5.32 Å². The largest absolute Gasteiger partial charge is 0.463 e. The topological polar surface area (TPSA) is 79.0 Å². The first-order valence-electron chi connectivity index (χ1n) is 12.5. The molecular weight excluding hydrogens is 418 g/mol. The molecule has 0 saturated carbocycles. The molecule has 1 unspecified atom stereocenters. The number of nitrogens with one attached hydrogen (secondary N) is 1. The predicted octanol–water partition coefficient (Wildman–Crippen LogP) is 3.63. The van der Waals surface area contributed by atoms with E-state index in [0.717, 1.165) is 19.4 Å². The van der Waals surface area contributed by atoms with E-state index in [2.05, 4.69) is 31.0 Å². The lowest BCUT2D eigenvalue weighted by molar-refractivity contribution is -0.140. The number of esters is 1. The van der Waals surface area contributed by atoms with Crippen molar-refractivity contribution in [2.24, 2.45) is 17.8 Å². The van der Waals surface area contributed by atoms with Gasteiger partial charge in [-0.25, -0.2) is 4.79 Å². The Kier molecular flexibility index (Phi) is 11.6. The Morgan fingerprint density at radius 3 is 2.18 bits per heavy atom. The average molecular weight is 466 g/mol. The zero-order chi connectivity index (χ0) is 25.5. The van der Waals surface area contributed by atoms with E-state index >= 15 is 0 Å². The second kappa shape index (κ2) is 13.1. The van der Waals surface area contributed by atoms with Crippen molar-refractivity contribution in [2.75, 3.05) is 20.2 Å². The van der Waals surface area contributed by atoms with Gasteiger partial charge < -0.3 is 15.0 Å². The summed E-state index contributed by atoms with van der Waals surface area (Å²) < 4.78 is 5.09. The van der Waals surface area contributed by atoms with E-state index in [1.165, 1.54) is 0 Å². The van der Waals surface area contributed by atoms with Crippen molar-refractivity contribution in [3.05, 3.63) is 11.6 Å². The van der Waals surface area contributed by atoms with Crippen molar-refractivity contribution < 1.29 is 19.1 Å². The molecular formula is C26H47N3O4. The molecule has 0 aromatic heterocycles. The number of rotatable bonds is 10. The van der Waals surface area contributed by atoms with Gasteiger partial charge in [0.2, 0.25) is 11.8 Å². The van der Waals surface area contributed by atoms with Crippen LogP contribution >= 0.6 is 0 Å². The van der Waals surface area contributed by atoms with Crippen LogP contribution in [0.4, 0.5) is 0 Å². The summed E-state index contributed by atoms with van der Waals surface area (Å²) in [6.07, 6.45) is 3.60. The molecule has 0 aromatic rings. The molecule has 4 atom stereocenters. The Hall–Kier alpha value is -1.89. The Morgan fingerprint density at radius 2 is 1.70 bits per heavy atom. The fourth-order valence-electron chi connectivity index (χ4n) is 4.49. The maximum atomic E-state index is 13.5. The first-order chi connectivity index (χ1) is 15.3. The normalized spacial score (nSPS) is 21.8. The fourth-order valence-corrected chi connectivity index (χ4v) is 4.49. The minimum absolute atomic E-state index is 0.0677. The summed E-state index contributed by atoms with van der Waals surface area (Å²) in [5, 5.41) is 3.07. The van der Waals surface area contributed by atoms with Gasteiger partial charge in [-0.3, -0.25) is 14.5 Å². The highest BCUT2D eigenvalue weighted by molar-refractivity contribution is 5.91. The maximum absolute atomic E-state index is 13.5. The van der Waals surface area contributed by atoms with Crippen molar-refractivity contribution in [3.8, 4) is 0 Å². The van der Waals surface area contributed by atoms with Crippen LogP contribution in [-0.2, 0) is 19.1 Å². The van der Waals surface area contributed by atoms with Crippen LogP contribution in [0.1, 0.15) is 75.2 Å². The lowest BCUT2D eigenvalue weighted by Crippen LogP contribution is -2.59. The summed E-state index contributed by atoms with van der Waals surface area (Å²) in [5.74, 6) is -0.0186. The molecule has 1 rings (SSSR count). The van der Waals surface area contributed by atoms with Crippen LogP contribution in [0.25, 0.3) is 0 Å². The number of hydrogen-bond donors (Lipinski definition) is 1. The first-order valence-corrected chi connectivity index (χ1v) is 12.5. The SMILES string of the molecule is CCOC(=O)/C(C)=C/[C@H](C(C)C)N(C)C(=O)C(NC(=O)[C@H]1CC[C@@H](C)CN1C(C)C)C(C)C. The predicted molar refractivity (Wildman–Crippen MR) is 133 cm³/mol. The van der Waals surface area contributed by atoms with Crippen molar-refractivity contribution in [2.45, 2.75) is 99.3 Å². The van der Waals surface area contributed by atoms with E-state index < -0.39 is 6.04 Å². The number of amides is 2. The van der Waals surface area contributed by atoms with E-state index in [1.807, 2.05) is 27.7 Å². The van der Waals surface area contributed by atoms with Crippen molar-refractivity contribution >= 4 is 17.8 Å². The summed E-state index contributed by atoms with van der Waals surface area (Å²) >= 11 is 0. The summed E-state index contributed by atoms with van der Waals surface area (Å²) in [6.45, 7) is 19.0. The van der Waals surface area contributed by atoms with Gasteiger partial charge in [-0.15, -0.1) is 0 Å². The van der Waals surface area contributed by atoms with Gasteiger partial charge in [-0.2, -0.15) is 0 Å². The summed E-state index contributed by atoms with van der Waals surface area (Å²) in [6, 6.07) is -0.871. The standard InChI is InChI=1S/C26H47N3O4/c1-11-33-26(32)20(9)14-22(16(2)3)28(10)25(31)23(17(4)5)27-24(30)21-13-12-19(8)15-29(21)18(6)7/h14,16-19,21-23H,11-13,15H2,1-10H3,(H,27,30)/b20-14+/t19-,21-,22-,23?/m1/s1. The molecule has 7 heteroatoms. The van der Waals surface area contributed by atoms with E-state index in [-0.39, 0.29) is 47.7 Å². The van der Waals surface area contributed by atoms with E-state index in [9.17, 15) is 14.4 Å². The number of nitrogens with zero attached hydrogens (tertiary/aromatic N) is 2. The molecule has 190 valence electrons. The third kappa shape index (κ3) is 8.13. The summed E-state index contributed by atoms with van der Waals surface area (Å²) in [7, 11) is 1.74. The zero-order valence-corrected chi connectivity index (χ0v) is 22.5. The Labute approximate surface area is 201 Å². The summed E-state index contributed by atoms with van der Waals surface area (Å²) in [4.78, 5) is 42.9. The molecule has 1 N–H and O–H groups in total. The fraction of sp³-hybridized carbons (Fsp3) is 0.808. The van der Waals surface area contributed by atoms with Gasteiger partial charge in [0.15, 0.2) is 0 Å². The second-order valence-corrected chi connectivity index (χ2v) is 10.5. The van der Waals surface area contributed by atoms with Crippen LogP contribution in [0.3, 0.4) is 0 Å². The minimum atomic E-state index is -0.631. The molecule has 0 spiro atoms. The van der Waals surface area contributed by atoms with Gasteiger partial charge in [-0.05, 0) is 58.3 Å². The highest BCUT2D eigenvalue weighted by atomic mass is 16.5. The molecule has 0 bridgehead atoms. The highest BCUT2D eigenvalue weighted by Crippen LogP contribution is 2.24. The van der Waals surface area contributed by atoms with E-state index in [4.69, 9.17) is 4.74 Å². The van der Waals surface area contributed by atoms with Gasteiger partial charge in [0.25, 0.3) is 0 Å². The number of carbonyl (C=O) groups is 3. The smallest absolute Gasteiger partial charge is 0.333 e. The zero-order valence-electron chi connectivity index (χ0n) is 22.5. The molecule has 33 heavy (non-hydrogen) atoms. The number of likely N-dealkylation sites (N-methyl/N-ethyl adjacent to an activating group) is 1. The molecule has 1 saturated heterocycles. The lowest BCUT2D eigenvalue weighted by Gasteiger charge is -2.41. The quantitative estimate of drug-likeness (QED) is 0.394. The van der Waals surface area contributed by atoms with Crippen LogP contribution in [0.15, 0.2) is 11.6 Å². The molecule has 1 heterocycles. The van der Waals surface area contributed by atoms with Gasteiger partial charge in [0.1, 0.15) is 6.04 Å². The second-order valence-electron chi connectivity index (χ2n) is 10.5. The average Bonchev–Trinajstić information content (AvgIpc) is 2.73. The Bertz CT molecular complexity index is 702. The van der Waals surface area contributed by atoms with Gasteiger partial charge in [0.05, 0.1) is 18.7 Å². The molecule has 2 amide bonds. The van der Waals surface area contributed by atoms with Crippen LogP contribution in [-0.4, -0.2) is 72.0 Å². The van der Waals surface area contributed by atoms with Crippen molar-refractivity contribution in [3.63, 3.8) is 0 Å². The van der Waals surface area contributed by atoms with Gasteiger partial charge in [0, 0.05) is 25.2 Å².